The van der Waals surface area contributed by atoms with Crippen LogP contribution < -0.4 is 18.9 Å². The van der Waals surface area contributed by atoms with Crippen molar-refractivity contribution >= 4 is 5.71 Å². The van der Waals surface area contributed by atoms with Crippen molar-refractivity contribution < 1.29 is 18.9 Å². The van der Waals surface area contributed by atoms with Gasteiger partial charge in [-0.3, -0.25) is 4.99 Å². The number of methoxy groups -OCH3 is 1. The maximum absolute atomic E-state index is 6.21. The van der Waals surface area contributed by atoms with Crippen LogP contribution >= 0.6 is 0 Å². The van der Waals surface area contributed by atoms with E-state index in [9.17, 15) is 0 Å². The molecule has 2 aromatic rings. The molecule has 0 saturated heterocycles. The van der Waals surface area contributed by atoms with Gasteiger partial charge in [0, 0.05) is 17.0 Å². The molecule has 2 saturated carbocycles. The highest BCUT2D eigenvalue weighted by Crippen LogP contribution is 2.45. The summed E-state index contributed by atoms with van der Waals surface area (Å²) in [7, 11) is 1.70. The number of hydrogen-bond acceptors (Lipinski definition) is 5. The predicted molar refractivity (Wildman–Crippen MR) is 131 cm³/mol. The molecule has 2 aromatic carbocycles. The van der Waals surface area contributed by atoms with Crippen LogP contribution in [0, 0.1) is 5.92 Å². The van der Waals surface area contributed by atoms with Gasteiger partial charge in [0.15, 0.2) is 23.0 Å². The van der Waals surface area contributed by atoms with Crippen LogP contribution in [-0.4, -0.2) is 38.7 Å². The molecule has 0 unspecified atom stereocenters. The van der Waals surface area contributed by atoms with Crippen molar-refractivity contribution in [1.82, 2.24) is 0 Å². The van der Waals surface area contributed by atoms with Gasteiger partial charge in [0.1, 0.15) is 0 Å². The third kappa shape index (κ3) is 4.55. The molecule has 5 nitrogen and oxygen atoms in total. The lowest BCUT2D eigenvalue weighted by atomic mass is 9.75. The summed E-state index contributed by atoms with van der Waals surface area (Å²) < 4.78 is 23.7. The molecular weight excluding hydrogens is 414 g/mol. The maximum Gasteiger partial charge on any atom is 0.161 e. The van der Waals surface area contributed by atoms with E-state index < -0.39 is 0 Å². The molecule has 3 aliphatic rings. The van der Waals surface area contributed by atoms with Crippen molar-refractivity contribution in [2.24, 2.45) is 10.9 Å². The van der Waals surface area contributed by atoms with Gasteiger partial charge in [-0.15, -0.1) is 0 Å². The molecule has 0 N–H and O–H groups in total. The van der Waals surface area contributed by atoms with Crippen LogP contribution in [0.15, 0.2) is 35.3 Å². The van der Waals surface area contributed by atoms with Gasteiger partial charge in [0.2, 0.25) is 0 Å². The zero-order valence-corrected chi connectivity index (χ0v) is 20.1. The van der Waals surface area contributed by atoms with Crippen molar-refractivity contribution in [2.75, 3.05) is 26.9 Å². The number of rotatable bonds is 9. The summed E-state index contributed by atoms with van der Waals surface area (Å²) in [6.07, 6.45) is 7.31. The first kappa shape index (κ1) is 22.1. The molecule has 0 bridgehead atoms. The fourth-order valence-electron chi connectivity index (χ4n) is 5.14. The molecule has 33 heavy (non-hydrogen) atoms. The van der Waals surface area contributed by atoms with E-state index in [1.165, 1.54) is 37.7 Å². The fourth-order valence-corrected chi connectivity index (χ4v) is 5.14. The van der Waals surface area contributed by atoms with E-state index in [2.05, 4.69) is 24.3 Å². The quantitative estimate of drug-likeness (QED) is 0.460. The van der Waals surface area contributed by atoms with E-state index in [0.717, 1.165) is 52.9 Å². The van der Waals surface area contributed by atoms with Crippen molar-refractivity contribution in [3.05, 3.63) is 47.0 Å². The van der Waals surface area contributed by atoms with Crippen molar-refractivity contribution in [1.29, 1.82) is 0 Å². The largest absolute Gasteiger partial charge is 0.493 e. The second-order valence-corrected chi connectivity index (χ2v) is 9.31. The highest BCUT2D eigenvalue weighted by Gasteiger charge is 2.35. The molecule has 0 aromatic heterocycles. The Balaban J connectivity index is 1.58. The molecule has 1 heterocycles. The summed E-state index contributed by atoms with van der Waals surface area (Å²) in [6.45, 7) is 6.00. The van der Waals surface area contributed by atoms with Gasteiger partial charge < -0.3 is 18.9 Å². The summed E-state index contributed by atoms with van der Waals surface area (Å²) in [5.74, 6) is 4.32. The second kappa shape index (κ2) is 9.66. The Hall–Kier alpha value is -2.69. The smallest absolute Gasteiger partial charge is 0.161 e. The van der Waals surface area contributed by atoms with Crippen LogP contribution in [0.4, 0.5) is 0 Å². The Morgan fingerprint density at radius 3 is 2.33 bits per heavy atom. The van der Waals surface area contributed by atoms with Crippen LogP contribution in [0.3, 0.4) is 0 Å². The SMILES string of the molecule is CCOc1cc2c(cc1OC)C(c1ccc(OCC)c(OCC3CC3)c1)=N[C@@H]1CCCC[C@H]21. The van der Waals surface area contributed by atoms with E-state index in [1.807, 2.05) is 19.9 Å². The molecule has 0 spiro atoms. The number of fused-ring (bicyclic) bond motifs is 3. The zero-order valence-electron chi connectivity index (χ0n) is 20.1. The van der Waals surface area contributed by atoms with E-state index >= 15 is 0 Å². The molecule has 0 amide bonds. The summed E-state index contributed by atoms with van der Waals surface area (Å²) in [6, 6.07) is 10.9. The van der Waals surface area contributed by atoms with E-state index in [0.29, 0.717) is 31.1 Å². The lowest BCUT2D eigenvalue weighted by molar-refractivity contribution is 0.267. The molecule has 1 aliphatic heterocycles. The Morgan fingerprint density at radius 2 is 1.58 bits per heavy atom. The predicted octanol–water partition coefficient (Wildman–Crippen LogP) is 6.16. The Labute approximate surface area is 197 Å². The molecular formula is C28H35NO4. The second-order valence-electron chi connectivity index (χ2n) is 9.31. The Morgan fingerprint density at radius 1 is 0.818 bits per heavy atom. The normalized spacial score (nSPS) is 21.5. The number of benzene rings is 2. The monoisotopic (exact) mass is 449 g/mol. The molecule has 0 radical (unpaired) electrons. The fraction of sp³-hybridized carbons (Fsp3) is 0.536. The van der Waals surface area contributed by atoms with Crippen molar-refractivity contribution in [3.8, 4) is 23.0 Å². The van der Waals surface area contributed by atoms with E-state index in [-0.39, 0.29) is 0 Å². The molecule has 176 valence electrons. The topological polar surface area (TPSA) is 49.3 Å². The van der Waals surface area contributed by atoms with Gasteiger partial charge in [-0.1, -0.05) is 12.8 Å². The van der Waals surface area contributed by atoms with Gasteiger partial charge in [-0.2, -0.15) is 0 Å². The lowest BCUT2D eigenvalue weighted by Gasteiger charge is -2.36. The summed E-state index contributed by atoms with van der Waals surface area (Å²) in [5.41, 5.74) is 4.58. The number of hydrogen-bond donors (Lipinski definition) is 0. The number of nitrogens with zero attached hydrogens (tertiary/aromatic N) is 1. The van der Waals surface area contributed by atoms with Crippen LogP contribution in [0.1, 0.15) is 75.0 Å². The lowest BCUT2D eigenvalue weighted by Crippen LogP contribution is -2.29. The first-order valence-electron chi connectivity index (χ1n) is 12.5. The average molecular weight is 450 g/mol. The molecule has 2 fully saturated rings. The van der Waals surface area contributed by atoms with Gasteiger partial charge >= 0.3 is 0 Å². The molecule has 5 heteroatoms. The first-order valence-corrected chi connectivity index (χ1v) is 12.5. The van der Waals surface area contributed by atoms with Gasteiger partial charge in [-0.25, -0.2) is 0 Å². The first-order chi connectivity index (χ1) is 16.2. The van der Waals surface area contributed by atoms with Gasteiger partial charge in [-0.05, 0) is 81.3 Å². The minimum atomic E-state index is 0.312. The highest BCUT2D eigenvalue weighted by atomic mass is 16.5. The molecule has 5 rings (SSSR count). The Bertz CT molecular complexity index is 1030. The van der Waals surface area contributed by atoms with Crippen LogP contribution in [0.25, 0.3) is 0 Å². The molecule has 2 atom stereocenters. The van der Waals surface area contributed by atoms with Gasteiger partial charge in [0.05, 0.1) is 38.7 Å². The van der Waals surface area contributed by atoms with Crippen LogP contribution in [0.2, 0.25) is 0 Å². The zero-order chi connectivity index (χ0) is 22.8. The number of aliphatic imine (C=N–C) groups is 1. The standard InChI is InChI=1S/C28H35NO4/c1-4-31-24-13-12-19(14-26(24)33-17-18-10-11-18)28-22-16-25(30-3)27(32-5-2)15-21(22)20-8-6-7-9-23(20)29-28/h12-16,18,20,23H,4-11,17H2,1-3H3/t20-,23-/m1/s1. The maximum atomic E-state index is 6.21. The van der Waals surface area contributed by atoms with E-state index in [4.69, 9.17) is 23.9 Å². The highest BCUT2D eigenvalue weighted by molar-refractivity contribution is 6.15. The number of ether oxygens (including phenoxy) is 4. The third-order valence-corrected chi connectivity index (χ3v) is 7.00. The van der Waals surface area contributed by atoms with Crippen molar-refractivity contribution in [3.63, 3.8) is 0 Å². The Kier molecular flexibility index (Phi) is 6.48. The van der Waals surface area contributed by atoms with E-state index in [1.54, 1.807) is 7.11 Å². The van der Waals surface area contributed by atoms with Crippen LogP contribution in [0.5, 0.6) is 23.0 Å². The average Bonchev–Trinajstić information content (AvgIpc) is 3.67. The third-order valence-electron chi connectivity index (χ3n) is 7.00. The van der Waals surface area contributed by atoms with Gasteiger partial charge in [0.25, 0.3) is 0 Å². The minimum Gasteiger partial charge on any atom is -0.493 e. The molecule has 2 aliphatic carbocycles. The van der Waals surface area contributed by atoms with Crippen LogP contribution in [-0.2, 0) is 0 Å². The summed E-state index contributed by atoms with van der Waals surface area (Å²) in [5, 5.41) is 0. The summed E-state index contributed by atoms with van der Waals surface area (Å²) >= 11 is 0. The van der Waals surface area contributed by atoms with Crippen molar-refractivity contribution in [2.45, 2.75) is 64.3 Å². The summed E-state index contributed by atoms with van der Waals surface area (Å²) in [4.78, 5) is 5.31. The minimum absolute atomic E-state index is 0.312.